The number of anilines is 3. The third-order valence-electron chi connectivity index (χ3n) is 3.35. The number of fused-ring (bicyclic) bond motifs is 1. The summed E-state index contributed by atoms with van der Waals surface area (Å²) in [6, 6.07) is 7.98. The Hall–Kier alpha value is -2.08. The summed E-state index contributed by atoms with van der Waals surface area (Å²) in [5, 5.41) is 0.748. The molecule has 104 valence electrons. The molecule has 0 fully saturated rings. The van der Waals surface area contributed by atoms with Crippen molar-refractivity contribution in [1.29, 1.82) is 0 Å². The second kappa shape index (κ2) is 4.79. The zero-order valence-corrected chi connectivity index (χ0v) is 12.3. The van der Waals surface area contributed by atoms with E-state index in [9.17, 15) is 4.79 Å². The molecule has 0 atom stereocenters. The van der Waals surface area contributed by atoms with Gasteiger partial charge in [0.2, 0.25) is 0 Å². The SMILES string of the molecule is CN(C)c1nc(N)c(C(=O)N2CCc3ccccc32)s1. The van der Waals surface area contributed by atoms with Crippen LogP contribution in [0.15, 0.2) is 24.3 Å². The van der Waals surface area contributed by atoms with Gasteiger partial charge >= 0.3 is 0 Å². The maximum absolute atomic E-state index is 12.7. The molecule has 2 aromatic rings. The first-order valence-electron chi connectivity index (χ1n) is 6.41. The zero-order valence-electron chi connectivity index (χ0n) is 11.5. The summed E-state index contributed by atoms with van der Waals surface area (Å²) < 4.78 is 0. The van der Waals surface area contributed by atoms with E-state index >= 15 is 0 Å². The van der Waals surface area contributed by atoms with Crippen LogP contribution in [0, 0.1) is 0 Å². The van der Waals surface area contributed by atoms with E-state index < -0.39 is 0 Å². The molecule has 1 amide bonds. The number of rotatable bonds is 2. The molecule has 2 N–H and O–H groups in total. The molecule has 20 heavy (non-hydrogen) atoms. The minimum Gasteiger partial charge on any atom is -0.382 e. The summed E-state index contributed by atoms with van der Waals surface area (Å²) in [7, 11) is 3.77. The highest BCUT2D eigenvalue weighted by atomic mass is 32.1. The molecule has 1 aromatic heterocycles. The van der Waals surface area contributed by atoms with Gasteiger partial charge in [-0.3, -0.25) is 4.79 Å². The molecule has 0 saturated heterocycles. The molecule has 0 bridgehead atoms. The molecule has 1 aromatic carbocycles. The Labute approximate surface area is 121 Å². The highest BCUT2D eigenvalue weighted by Gasteiger charge is 2.28. The lowest BCUT2D eigenvalue weighted by atomic mass is 10.2. The Kier molecular flexibility index (Phi) is 3.10. The van der Waals surface area contributed by atoms with E-state index in [-0.39, 0.29) is 5.91 Å². The molecule has 5 nitrogen and oxygen atoms in total. The van der Waals surface area contributed by atoms with Crippen molar-refractivity contribution < 1.29 is 4.79 Å². The number of benzene rings is 1. The fourth-order valence-electron chi connectivity index (χ4n) is 2.34. The summed E-state index contributed by atoms with van der Waals surface area (Å²) in [4.78, 5) is 21.1. The first-order valence-corrected chi connectivity index (χ1v) is 7.23. The van der Waals surface area contributed by atoms with Crippen LogP contribution in [0.25, 0.3) is 0 Å². The zero-order chi connectivity index (χ0) is 14.3. The molecule has 3 rings (SSSR count). The molecule has 0 aliphatic carbocycles. The molecule has 0 spiro atoms. The van der Waals surface area contributed by atoms with Crippen molar-refractivity contribution in [2.24, 2.45) is 0 Å². The summed E-state index contributed by atoms with van der Waals surface area (Å²) in [5.41, 5.74) is 8.08. The van der Waals surface area contributed by atoms with Crippen LogP contribution < -0.4 is 15.5 Å². The Bertz CT molecular complexity index is 665. The van der Waals surface area contributed by atoms with Crippen LogP contribution in [-0.2, 0) is 6.42 Å². The first kappa shape index (κ1) is 12.9. The Morgan fingerprint density at radius 2 is 2.15 bits per heavy atom. The van der Waals surface area contributed by atoms with Gasteiger partial charge in [0.05, 0.1) is 0 Å². The number of nitrogens with zero attached hydrogens (tertiary/aromatic N) is 3. The van der Waals surface area contributed by atoms with Crippen LogP contribution in [-0.4, -0.2) is 31.5 Å². The van der Waals surface area contributed by atoms with Gasteiger partial charge in [-0.2, -0.15) is 0 Å². The normalized spacial score (nSPS) is 13.4. The number of para-hydroxylation sites is 1. The number of nitrogens with two attached hydrogens (primary N) is 1. The quantitative estimate of drug-likeness (QED) is 0.918. The van der Waals surface area contributed by atoms with Gasteiger partial charge in [0, 0.05) is 26.3 Å². The van der Waals surface area contributed by atoms with E-state index in [0.29, 0.717) is 17.2 Å². The van der Waals surface area contributed by atoms with Crippen LogP contribution in [0.4, 0.5) is 16.6 Å². The minimum absolute atomic E-state index is 0.0574. The van der Waals surface area contributed by atoms with Crippen molar-refractivity contribution >= 4 is 33.9 Å². The van der Waals surface area contributed by atoms with Crippen molar-refractivity contribution in [3.63, 3.8) is 0 Å². The van der Waals surface area contributed by atoms with E-state index in [1.807, 2.05) is 37.2 Å². The molecule has 1 aliphatic rings. The van der Waals surface area contributed by atoms with Crippen LogP contribution in [0.3, 0.4) is 0 Å². The molecular formula is C14H16N4OS. The summed E-state index contributed by atoms with van der Waals surface area (Å²) in [6.45, 7) is 0.701. The standard InChI is InChI=1S/C14H16N4OS/c1-17(2)14-16-12(15)11(20-14)13(19)18-8-7-9-5-3-4-6-10(9)18/h3-6H,7-8,15H2,1-2H3. The summed E-state index contributed by atoms with van der Waals surface area (Å²) in [6.07, 6.45) is 0.890. The van der Waals surface area contributed by atoms with Gasteiger partial charge in [0.15, 0.2) is 5.13 Å². The van der Waals surface area contributed by atoms with Crippen molar-refractivity contribution in [3.05, 3.63) is 34.7 Å². The van der Waals surface area contributed by atoms with Gasteiger partial charge in [-0.25, -0.2) is 4.98 Å². The molecule has 0 saturated carbocycles. The number of amides is 1. The highest BCUT2D eigenvalue weighted by Crippen LogP contribution is 2.33. The molecule has 1 aliphatic heterocycles. The lowest BCUT2D eigenvalue weighted by molar-refractivity contribution is 0.0994. The smallest absolute Gasteiger partial charge is 0.272 e. The maximum Gasteiger partial charge on any atom is 0.272 e. The fourth-order valence-corrected chi connectivity index (χ4v) is 3.19. The second-order valence-electron chi connectivity index (χ2n) is 4.94. The van der Waals surface area contributed by atoms with Crippen molar-refractivity contribution in [2.45, 2.75) is 6.42 Å². The predicted octanol–water partition coefficient (Wildman–Crippen LogP) is 1.99. The molecular weight excluding hydrogens is 272 g/mol. The predicted molar refractivity (Wildman–Crippen MR) is 82.7 cm³/mol. The highest BCUT2D eigenvalue weighted by molar-refractivity contribution is 7.18. The van der Waals surface area contributed by atoms with Crippen LogP contribution in [0.2, 0.25) is 0 Å². The van der Waals surface area contributed by atoms with Crippen molar-refractivity contribution in [3.8, 4) is 0 Å². The third-order valence-corrected chi connectivity index (χ3v) is 4.58. The largest absolute Gasteiger partial charge is 0.382 e. The third kappa shape index (κ3) is 2.02. The molecule has 2 heterocycles. The Balaban J connectivity index is 1.95. The van der Waals surface area contributed by atoms with Gasteiger partial charge < -0.3 is 15.5 Å². The van der Waals surface area contributed by atoms with Crippen molar-refractivity contribution in [2.75, 3.05) is 36.2 Å². The van der Waals surface area contributed by atoms with E-state index in [4.69, 9.17) is 5.73 Å². The lowest BCUT2D eigenvalue weighted by Gasteiger charge is -2.16. The van der Waals surface area contributed by atoms with E-state index in [0.717, 1.165) is 17.2 Å². The number of hydrogen-bond acceptors (Lipinski definition) is 5. The van der Waals surface area contributed by atoms with Crippen LogP contribution in [0.1, 0.15) is 15.2 Å². The van der Waals surface area contributed by atoms with Gasteiger partial charge in [-0.15, -0.1) is 0 Å². The number of thiazole rings is 1. The Morgan fingerprint density at radius 3 is 2.85 bits per heavy atom. The van der Waals surface area contributed by atoms with E-state index in [1.165, 1.54) is 16.9 Å². The molecule has 6 heteroatoms. The van der Waals surface area contributed by atoms with Crippen LogP contribution in [0.5, 0.6) is 0 Å². The lowest BCUT2D eigenvalue weighted by Crippen LogP contribution is -2.28. The number of nitrogen functional groups attached to an aromatic ring is 1. The Morgan fingerprint density at radius 1 is 1.40 bits per heavy atom. The average Bonchev–Trinajstić information content (AvgIpc) is 3.01. The van der Waals surface area contributed by atoms with E-state index in [2.05, 4.69) is 11.1 Å². The van der Waals surface area contributed by atoms with Gasteiger partial charge in [-0.1, -0.05) is 29.5 Å². The van der Waals surface area contributed by atoms with Gasteiger partial charge in [0.1, 0.15) is 10.7 Å². The summed E-state index contributed by atoms with van der Waals surface area (Å²) in [5.74, 6) is 0.256. The number of carbonyl (C=O) groups excluding carboxylic acids is 1. The fraction of sp³-hybridized carbons (Fsp3) is 0.286. The monoisotopic (exact) mass is 288 g/mol. The van der Waals surface area contributed by atoms with Crippen LogP contribution >= 0.6 is 11.3 Å². The maximum atomic E-state index is 12.7. The first-order chi connectivity index (χ1) is 9.58. The number of aromatic nitrogens is 1. The summed E-state index contributed by atoms with van der Waals surface area (Å²) >= 11 is 1.34. The number of carbonyl (C=O) groups is 1. The van der Waals surface area contributed by atoms with Gasteiger partial charge in [0.25, 0.3) is 5.91 Å². The van der Waals surface area contributed by atoms with Gasteiger partial charge in [-0.05, 0) is 18.1 Å². The molecule has 0 radical (unpaired) electrons. The number of hydrogen-bond donors (Lipinski definition) is 1. The second-order valence-corrected chi connectivity index (χ2v) is 5.92. The van der Waals surface area contributed by atoms with Crippen molar-refractivity contribution in [1.82, 2.24) is 4.98 Å². The van der Waals surface area contributed by atoms with E-state index in [1.54, 1.807) is 4.90 Å². The topological polar surface area (TPSA) is 62.5 Å². The average molecular weight is 288 g/mol. The minimum atomic E-state index is -0.0574. The molecule has 0 unspecified atom stereocenters.